The number of nitrogens with two attached hydrogens (primary N) is 1. The number of nitrogen functional groups attached to an aromatic ring is 1. The Morgan fingerprint density at radius 1 is 1.33 bits per heavy atom. The van der Waals surface area contributed by atoms with Gasteiger partial charge in [0, 0.05) is 24.0 Å². The Bertz CT molecular complexity index is 297. The first-order valence-electron chi connectivity index (χ1n) is 5.56. The minimum absolute atomic E-state index is 0.446. The molecule has 0 aromatic carbocycles. The van der Waals surface area contributed by atoms with Gasteiger partial charge in [-0.2, -0.15) is 0 Å². The van der Waals surface area contributed by atoms with Crippen molar-refractivity contribution in [3.8, 4) is 0 Å². The molecule has 15 heavy (non-hydrogen) atoms. The average molecular weight is 207 g/mol. The van der Waals surface area contributed by atoms with Crippen molar-refractivity contribution in [1.29, 1.82) is 0 Å². The summed E-state index contributed by atoms with van der Waals surface area (Å²) in [5.74, 6) is 1.62. The molecule has 1 rings (SSSR count). The third-order valence-corrected chi connectivity index (χ3v) is 2.36. The first kappa shape index (κ1) is 11.8. The molecule has 0 radical (unpaired) electrons. The Kier molecular flexibility index (Phi) is 4.40. The van der Waals surface area contributed by atoms with E-state index in [9.17, 15) is 0 Å². The number of pyridine rings is 1. The van der Waals surface area contributed by atoms with E-state index in [-0.39, 0.29) is 0 Å². The Hall–Kier alpha value is -1.25. The van der Waals surface area contributed by atoms with Gasteiger partial charge in [-0.1, -0.05) is 13.8 Å². The van der Waals surface area contributed by atoms with E-state index in [1.165, 1.54) is 6.42 Å². The first-order valence-corrected chi connectivity index (χ1v) is 5.56. The summed E-state index contributed by atoms with van der Waals surface area (Å²) in [5, 5.41) is 3.35. The molecular formula is C12H21N3. The zero-order valence-electron chi connectivity index (χ0n) is 9.83. The van der Waals surface area contributed by atoms with Crippen LogP contribution in [0.5, 0.6) is 0 Å². The third-order valence-electron chi connectivity index (χ3n) is 2.36. The molecule has 0 aliphatic heterocycles. The van der Waals surface area contributed by atoms with Crippen LogP contribution in [-0.4, -0.2) is 11.0 Å². The molecule has 1 atom stereocenters. The second kappa shape index (κ2) is 5.59. The van der Waals surface area contributed by atoms with Crippen LogP contribution in [0.15, 0.2) is 18.3 Å². The first-order chi connectivity index (χ1) is 7.08. The highest BCUT2D eigenvalue weighted by molar-refractivity contribution is 5.48. The SMILES string of the molecule is CC(C)CCC(C)Nc1cc(N)ccn1. The van der Waals surface area contributed by atoms with E-state index in [0.29, 0.717) is 6.04 Å². The summed E-state index contributed by atoms with van der Waals surface area (Å²) >= 11 is 0. The smallest absolute Gasteiger partial charge is 0.128 e. The predicted molar refractivity (Wildman–Crippen MR) is 65.8 cm³/mol. The van der Waals surface area contributed by atoms with Crippen LogP contribution >= 0.6 is 0 Å². The monoisotopic (exact) mass is 207 g/mol. The zero-order valence-corrected chi connectivity index (χ0v) is 9.83. The fourth-order valence-corrected chi connectivity index (χ4v) is 1.43. The van der Waals surface area contributed by atoms with E-state index in [1.807, 2.05) is 6.07 Å². The van der Waals surface area contributed by atoms with Crippen LogP contribution in [0.25, 0.3) is 0 Å². The van der Waals surface area contributed by atoms with Crippen LogP contribution in [0.2, 0.25) is 0 Å². The standard InChI is InChI=1S/C12H21N3/c1-9(2)4-5-10(3)15-12-8-11(13)6-7-14-12/h6-10H,4-5H2,1-3H3,(H3,13,14,15). The fourth-order valence-electron chi connectivity index (χ4n) is 1.43. The molecule has 3 heteroatoms. The summed E-state index contributed by atoms with van der Waals surface area (Å²) in [6.45, 7) is 6.66. The minimum Gasteiger partial charge on any atom is -0.399 e. The molecule has 0 saturated carbocycles. The van der Waals surface area contributed by atoms with E-state index < -0.39 is 0 Å². The minimum atomic E-state index is 0.446. The largest absolute Gasteiger partial charge is 0.399 e. The summed E-state index contributed by atoms with van der Waals surface area (Å²) in [6.07, 6.45) is 4.12. The van der Waals surface area contributed by atoms with E-state index >= 15 is 0 Å². The summed E-state index contributed by atoms with van der Waals surface area (Å²) in [5.41, 5.74) is 6.43. The number of rotatable bonds is 5. The van der Waals surface area contributed by atoms with E-state index in [2.05, 4.69) is 31.1 Å². The van der Waals surface area contributed by atoms with Crippen LogP contribution in [0.1, 0.15) is 33.6 Å². The summed E-state index contributed by atoms with van der Waals surface area (Å²) < 4.78 is 0. The second-order valence-electron chi connectivity index (χ2n) is 4.49. The maximum Gasteiger partial charge on any atom is 0.128 e. The van der Waals surface area contributed by atoms with Crippen molar-refractivity contribution in [2.45, 2.75) is 39.7 Å². The maximum atomic E-state index is 5.68. The Morgan fingerprint density at radius 3 is 2.67 bits per heavy atom. The molecule has 84 valence electrons. The maximum absolute atomic E-state index is 5.68. The molecule has 3 N–H and O–H groups in total. The van der Waals surface area contributed by atoms with Crippen molar-refractivity contribution in [1.82, 2.24) is 4.98 Å². The highest BCUT2D eigenvalue weighted by Gasteiger charge is 2.04. The molecule has 0 spiro atoms. The lowest BCUT2D eigenvalue weighted by molar-refractivity contribution is 0.527. The van der Waals surface area contributed by atoms with Crippen LogP contribution in [-0.2, 0) is 0 Å². The molecule has 0 bridgehead atoms. The van der Waals surface area contributed by atoms with Crippen LogP contribution in [0, 0.1) is 5.92 Å². The van der Waals surface area contributed by atoms with Crippen LogP contribution < -0.4 is 11.1 Å². The van der Waals surface area contributed by atoms with Crippen molar-refractivity contribution in [2.75, 3.05) is 11.1 Å². The van der Waals surface area contributed by atoms with Gasteiger partial charge >= 0.3 is 0 Å². The van der Waals surface area contributed by atoms with Crippen molar-refractivity contribution < 1.29 is 0 Å². The number of hydrogen-bond donors (Lipinski definition) is 2. The Morgan fingerprint density at radius 2 is 2.07 bits per heavy atom. The molecule has 1 aromatic rings. The van der Waals surface area contributed by atoms with Gasteiger partial charge in [0.2, 0.25) is 0 Å². The van der Waals surface area contributed by atoms with Gasteiger partial charge in [0.15, 0.2) is 0 Å². The zero-order chi connectivity index (χ0) is 11.3. The molecule has 3 nitrogen and oxygen atoms in total. The number of aromatic nitrogens is 1. The third kappa shape index (κ3) is 4.68. The molecule has 0 aliphatic rings. The van der Waals surface area contributed by atoms with Crippen LogP contribution in [0.3, 0.4) is 0 Å². The fraction of sp³-hybridized carbons (Fsp3) is 0.583. The highest BCUT2D eigenvalue weighted by Crippen LogP contribution is 2.13. The molecule has 0 saturated heterocycles. The summed E-state index contributed by atoms with van der Waals surface area (Å²) in [6, 6.07) is 4.11. The lowest BCUT2D eigenvalue weighted by atomic mass is 10.0. The van der Waals surface area contributed by atoms with Crippen molar-refractivity contribution >= 4 is 11.5 Å². The molecule has 0 fully saturated rings. The molecule has 1 heterocycles. The number of nitrogens with zero attached hydrogens (tertiary/aromatic N) is 1. The van der Waals surface area contributed by atoms with Crippen molar-refractivity contribution in [3.63, 3.8) is 0 Å². The quantitative estimate of drug-likeness (QED) is 0.780. The lowest BCUT2D eigenvalue weighted by Crippen LogP contribution is -2.16. The van der Waals surface area contributed by atoms with Gasteiger partial charge in [0.1, 0.15) is 5.82 Å². The topological polar surface area (TPSA) is 50.9 Å². The second-order valence-corrected chi connectivity index (χ2v) is 4.49. The molecular weight excluding hydrogens is 186 g/mol. The number of anilines is 2. The van der Waals surface area contributed by atoms with Gasteiger partial charge in [0.25, 0.3) is 0 Å². The molecule has 1 unspecified atom stereocenters. The Balaban J connectivity index is 2.40. The summed E-state index contributed by atoms with van der Waals surface area (Å²) in [4.78, 5) is 4.22. The molecule has 0 amide bonds. The van der Waals surface area contributed by atoms with Gasteiger partial charge in [-0.3, -0.25) is 0 Å². The van der Waals surface area contributed by atoms with E-state index in [4.69, 9.17) is 5.73 Å². The molecule has 0 aliphatic carbocycles. The molecule has 1 aromatic heterocycles. The lowest BCUT2D eigenvalue weighted by Gasteiger charge is -2.15. The highest BCUT2D eigenvalue weighted by atomic mass is 15.0. The predicted octanol–water partition coefficient (Wildman–Crippen LogP) is 2.90. The normalized spacial score (nSPS) is 12.8. The van der Waals surface area contributed by atoms with Crippen LogP contribution in [0.4, 0.5) is 11.5 Å². The van der Waals surface area contributed by atoms with Crippen molar-refractivity contribution in [3.05, 3.63) is 18.3 Å². The van der Waals surface area contributed by atoms with E-state index in [0.717, 1.165) is 23.8 Å². The van der Waals surface area contributed by atoms with Gasteiger partial charge in [-0.15, -0.1) is 0 Å². The van der Waals surface area contributed by atoms with Gasteiger partial charge < -0.3 is 11.1 Å². The van der Waals surface area contributed by atoms with Crippen molar-refractivity contribution in [2.24, 2.45) is 5.92 Å². The van der Waals surface area contributed by atoms with Gasteiger partial charge in [-0.05, 0) is 31.7 Å². The van der Waals surface area contributed by atoms with E-state index in [1.54, 1.807) is 12.3 Å². The van der Waals surface area contributed by atoms with Gasteiger partial charge in [-0.25, -0.2) is 4.98 Å². The summed E-state index contributed by atoms with van der Waals surface area (Å²) in [7, 11) is 0. The van der Waals surface area contributed by atoms with Gasteiger partial charge in [0.05, 0.1) is 0 Å². The number of nitrogens with one attached hydrogen (secondary N) is 1. The average Bonchev–Trinajstić information content (AvgIpc) is 2.15. The number of hydrogen-bond acceptors (Lipinski definition) is 3. The Labute approximate surface area is 92.1 Å².